The molecule has 0 aliphatic heterocycles. The number of nitrogens with one attached hydrogen (secondary N) is 1. The highest BCUT2D eigenvalue weighted by atomic mass is 79.9. The van der Waals surface area contributed by atoms with E-state index in [0.29, 0.717) is 29.8 Å². The maximum Gasteiger partial charge on any atom is 0.273 e. The number of ether oxygens (including phenoxy) is 1. The van der Waals surface area contributed by atoms with Crippen LogP contribution in [0.2, 0.25) is 0 Å². The molecule has 19 heavy (non-hydrogen) atoms. The van der Waals surface area contributed by atoms with Crippen LogP contribution in [0.25, 0.3) is 0 Å². The zero-order valence-electron chi connectivity index (χ0n) is 10.8. The summed E-state index contributed by atoms with van der Waals surface area (Å²) < 4.78 is 6.05. The van der Waals surface area contributed by atoms with Crippen molar-refractivity contribution in [2.24, 2.45) is 0 Å². The van der Waals surface area contributed by atoms with Gasteiger partial charge in [-0.1, -0.05) is 6.08 Å². The van der Waals surface area contributed by atoms with Gasteiger partial charge in [-0.05, 0) is 35.3 Å². The molecule has 1 aromatic rings. The third kappa shape index (κ3) is 5.00. The molecular weight excluding hydrogens is 312 g/mol. The minimum absolute atomic E-state index is 0.111. The molecule has 0 bridgehead atoms. The number of nitrogens with zero attached hydrogens (tertiary/aromatic N) is 1. The number of rotatable bonds is 8. The summed E-state index contributed by atoms with van der Waals surface area (Å²) in [5, 5.41) is 14.0. The molecular formula is C13H17BrN2O3. The molecule has 0 saturated carbocycles. The van der Waals surface area contributed by atoms with Crippen molar-refractivity contribution in [1.29, 1.82) is 0 Å². The number of hydrogen-bond acceptors (Lipinski definition) is 4. The van der Waals surface area contributed by atoms with E-state index < -0.39 is 0 Å². The Kier molecular flexibility index (Phi) is 6.52. The van der Waals surface area contributed by atoms with Crippen LogP contribution in [0.1, 0.15) is 12.0 Å². The third-order valence-corrected chi connectivity index (χ3v) is 3.17. The van der Waals surface area contributed by atoms with Gasteiger partial charge < -0.3 is 10.1 Å². The van der Waals surface area contributed by atoms with Gasteiger partial charge in [-0.2, -0.15) is 0 Å². The van der Waals surface area contributed by atoms with Crippen LogP contribution in [-0.4, -0.2) is 24.7 Å². The Hall–Kier alpha value is -1.40. The van der Waals surface area contributed by atoms with Gasteiger partial charge in [0.2, 0.25) is 0 Å². The molecule has 1 aromatic carbocycles. The van der Waals surface area contributed by atoms with E-state index >= 15 is 0 Å². The second-order valence-electron chi connectivity index (χ2n) is 3.99. The van der Waals surface area contributed by atoms with Gasteiger partial charge in [-0.15, -0.1) is 6.58 Å². The summed E-state index contributed by atoms with van der Waals surface area (Å²) in [7, 11) is 0. The number of nitro groups is 1. The van der Waals surface area contributed by atoms with Gasteiger partial charge in [0, 0.05) is 28.3 Å². The standard InChI is InChI=1S/C13H17BrN2O3/c1-3-4-6-19-7-5-15-12-8-10(2)13(16(17)18)9-11(12)14/h3,8-9,15H,1,4-7H2,2H3. The number of nitro benzene ring substituents is 1. The summed E-state index contributed by atoms with van der Waals surface area (Å²) in [6.45, 7) is 7.22. The van der Waals surface area contributed by atoms with Crippen LogP contribution in [0.5, 0.6) is 0 Å². The van der Waals surface area contributed by atoms with Gasteiger partial charge in [0.1, 0.15) is 0 Å². The van der Waals surface area contributed by atoms with Crippen molar-refractivity contribution in [3.05, 3.63) is 44.9 Å². The Labute approximate surface area is 120 Å². The summed E-state index contributed by atoms with van der Waals surface area (Å²) >= 11 is 3.32. The molecule has 0 atom stereocenters. The van der Waals surface area contributed by atoms with Crippen LogP contribution >= 0.6 is 15.9 Å². The first kappa shape index (κ1) is 15.7. The fourth-order valence-electron chi connectivity index (χ4n) is 1.53. The van der Waals surface area contributed by atoms with E-state index in [0.717, 1.165) is 12.1 Å². The Morgan fingerprint density at radius 1 is 1.53 bits per heavy atom. The minimum atomic E-state index is -0.387. The average Bonchev–Trinajstić information content (AvgIpc) is 2.36. The monoisotopic (exact) mass is 328 g/mol. The molecule has 0 radical (unpaired) electrons. The molecule has 1 N–H and O–H groups in total. The Morgan fingerprint density at radius 3 is 2.89 bits per heavy atom. The van der Waals surface area contributed by atoms with Gasteiger partial charge in [0.25, 0.3) is 5.69 Å². The molecule has 0 saturated heterocycles. The molecule has 0 unspecified atom stereocenters. The zero-order chi connectivity index (χ0) is 14.3. The lowest BCUT2D eigenvalue weighted by Crippen LogP contribution is -2.10. The fourth-order valence-corrected chi connectivity index (χ4v) is 2.00. The maximum absolute atomic E-state index is 10.8. The van der Waals surface area contributed by atoms with E-state index in [9.17, 15) is 10.1 Å². The van der Waals surface area contributed by atoms with E-state index in [1.54, 1.807) is 13.0 Å². The molecule has 1 rings (SSSR count). The van der Waals surface area contributed by atoms with Gasteiger partial charge in [0.15, 0.2) is 0 Å². The number of benzene rings is 1. The quantitative estimate of drug-likeness (QED) is 0.342. The Morgan fingerprint density at radius 2 is 2.26 bits per heavy atom. The highest BCUT2D eigenvalue weighted by molar-refractivity contribution is 9.10. The van der Waals surface area contributed by atoms with E-state index in [2.05, 4.69) is 27.8 Å². The number of hydrogen-bond donors (Lipinski definition) is 1. The lowest BCUT2D eigenvalue weighted by Gasteiger charge is -2.10. The van der Waals surface area contributed by atoms with Crippen LogP contribution in [0.4, 0.5) is 11.4 Å². The third-order valence-electron chi connectivity index (χ3n) is 2.51. The largest absolute Gasteiger partial charge is 0.382 e. The van der Waals surface area contributed by atoms with E-state index in [1.165, 1.54) is 6.07 Å². The van der Waals surface area contributed by atoms with Crippen molar-refractivity contribution in [3.63, 3.8) is 0 Å². The van der Waals surface area contributed by atoms with E-state index in [4.69, 9.17) is 4.74 Å². The molecule has 104 valence electrons. The van der Waals surface area contributed by atoms with Crippen LogP contribution in [0.3, 0.4) is 0 Å². The number of halogens is 1. The van der Waals surface area contributed by atoms with Crippen molar-refractivity contribution in [1.82, 2.24) is 0 Å². The fraction of sp³-hybridized carbons (Fsp3) is 0.385. The van der Waals surface area contributed by atoms with Crippen molar-refractivity contribution in [2.45, 2.75) is 13.3 Å². The first-order valence-corrected chi connectivity index (χ1v) is 6.72. The highest BCUT2D eigenvalue weighted by Gasteiger charge is 2.13. The van der Waals surface area contributed by atoms with Crippen LogP contribution in [0.15, 0.2) is 29.3 Å². The predicted octanol–water partition coefficient (Wildman–Crippen LogP) is 3.67. The molecule has 0 aromatic heterocycles. The summed E-state index contributed by atoms with van der Waals surface area (Å²) in [5.74, 6) is 0. The molecule has 0 heterocycles. The lowest BCUT2D eigenvalue weighted by molar-refractivity contribution is -0.385. The summed E-state index contributed by atoms with van der Waals surface area (Å²) in [6.07, 6.45) is 2.64. The van der Waals surface area contributed by atoms with Crippen LogP contribution in [0, 0.1) is 17.0 Å². The second-order valence-corrected chi connectivity index (χ2v) is 4.85. The van der Waals surface area contributed by atoms with Gasteiger partial charge in [-0.3, -0.25) is 10.1 Å². The molecule has 0 fully saturated rings. The van der Waals surface area contributed by atoms with Gasteiger partial charge in [-0.25, -0.2) is 0 Å². The van der Waals surface area contributed by atoms with E-state index in [1.807, 2.05) is 6.08 Å². The average molecular weight is 329 g/mol. The molecule has 0 spiro atoms. The summed E-state index contributed by atoms with van der Waals surface area (Å²) in [6, 6.07) is 3.27. The van der Waals surface area contributed by atoms with Gasteiger partial charge >= 0.3 is 0 Å². The Balaban J connectivity index is 2.53. The molecule has 0 aliphatic rings. The zero-order valence-corrected chi connectivity index (χ0v) is 12.4. The Bertz CT molecular complexity index is 463. The SMILES string of the molecule is C=CCCOCCNc1cc(C)c([N+](=O)[O-])cc1Br. The van der Waals surface area contributed by atoms with Crippen molar-refractivity contribution >= 4 is 27.3 Å². The maximum atomic E-state index is 10.8. The number of aryl methyl sites for hydroxylation is 1. The summed E-state index contributed by atoms with van der Waals surface area (Å²) in [5.41, 5.74) is 1.57. The van der Waals surface area contributed by atoms with Crippen LogP contribution in [-0.2, 0) is 4.74 Å². The molecule has 0 aliphatic carbocycles. The highest BCUT2D eigenvalue weighted by Crippen LogP contribution is 2.30. The second kappa shape index (κ2) is 7.91. The number of anilines is 1. The van der Waals surface area contributed by atoms with E-state index in [-0.39, 0.29) is 10.6 Å². The topological polar surface area (TPSA) is 64.4 Å². The predicted molar refractivity (Wildman–Crippen MR) is 79.7 cm³/mol. The first-order valence-electron chi connectivity index (χ1n) is 5.93. The normalized spacial score (nSPS) is 10.2. The smallest absolute Gasteiger partial charge is 0.273 e. The minimum Gasteiger partial charge on any atom is -0.382 e. The summed E-state index contributed by atoms with van der Waals surface area (Å²) in [4.78, 5) is 10.4. The first-order chi connectivity index (χ1) is 9.06. The lowest BCUT2D eigenvalue weighted by atomic mass is 10.2. The molecule has 0 amide bonds. The van der Waals surface area contributed by atoms with Crippen molar-refractivity contribution < 1.29 is 9.66 Å². The van der Waals surface area contributed by atoms with Crippen molar-refractivity contribution in [2.75, 3.05) is 25.1 Å². The van der Waals surface area contributed by atoms with Crippen molar-refractivity contribution in [3.8, 4) is 0 Å². The molecule has 5 nitrogen and oxygen atoms in total. The molecule has 6 heteroatoms. The van der Waals surface area contributed by atoms with Crippen LogP contribution < -0.4 is 5.32 Å². The van der Waals surface area contributed by atoms with Gasteiger partial charge in [0.05, 0.1) is 18.1 Å².